The lowest BCUT2D eigenvalue weighted by atomic mass is 10.1. The summed E-state index contributed by atoms with van der Waals surface area (Å²) in [5.74, 6) is -0.977. The van der Waals surface area contributed by atoms with Crippen LogP contribution in [0.1, 0.15) is 32.1 Å². The number of halogens is 1. The summed E-state index contributed by atoms with van der Waals surface area (Å²) in [4.78, 5) is 38.2. The number of nitrogens with zero attached hydrogens (tertiary/aromatic N) is 1. The molecule has 2 aliphatic rings. The zero-order valence-corrected chi connectivity index (χ0v) is 16.0. The normalized spacial score (nSPS) is 20.0. The van der Waals surface area contributed by atoms with Gasteiger partial charge in [-0.1, -0.05) is 24.4 Å². The second kappa shape index (κ2) is 8.61. The minimum atomic E-state index is -0.508. The number of hydrogen-bond acceptors (Lipinski definition) is 5. The highest BCUT2D eigenvalue weighted by Crippen LogP contribution is 2.30. The molecular weight excluding hydrogens is 372 g/mol. The van der Waals surface area contributed by atoms with Gasteiger partial charge in [-0.15, -0.1) is 0 Å². The van der Waals surface area contributed by atoms with Crippen molar-refractivity contribution in [2.75, 3.05) is 25.6 Å². The Morgan fingerprint density at radius 2 is 2.04 bits per heavy atom. The molecule has 0 unspecified atom stereocenters. The van der Waals surface area contributed by atoms with Crippen LogP contribution in [0.3, 0.4) is 0 Å². The van der Waals surface area contributed by atoms with Crippen LogP contribution in [0.15, 0.2) is 18.2 Å². The van der Waals surface area contributed by atoms with Gasteiger partial charge in [0.25, 0.3) is 5.91 Å². The van der Waals surface area contributed by atoms with Crippen LogP contribution in [-0.4, -0.2) is 49.0 Å². The smallest absolute Gasteiger partial charge is 0.311 e. The Bertz CT molecular complexity index is 733. The van der Waals surface area contributed by atoms with Crippen LogP contribution in [0.25, 0.3) is 0 Å². The van der Waals surface area contributed by atoms with E-state index in [-0.39, 0.29) is 18.4 Å². The number of benzene rings is 1. The third kappa shape index (κ3) is 4.71. The summed E-state index contributed by atoms with van der Waals surface area (Å²) in [5, 5.41) is 2.97. The van der Waals surface area contributed by atoms with Gasteiger partial charge < -0.3 is 19.7 Å². The topological polar surface area (TPSA) is 84.9 Å². The Balaban J connectivity index is 1.46. The number of methoxy groups -OCH3 is 1. The molecule has 1 saturated heterocycles. The summed E-state index contributed by atoms with van der Waals surface area (Å²) in [7, 11) is 1.50. The maximum atomic E-state index is 12.2. The van der Waals surface area contributed by atoms with Crippen LogP contribution >= 0.6 is 11.6 Å². The number of esters is 1. The number of amides is 2. The third-order valence-corrected chi connectivity index (χ3v) is 5.33. The number of carbonyl (C=O) groups excluding carboxylic acids is 3. The molecule has 146 valence electrons. The number of likely N-dealkylation sites (tertiary alicyclic amines) is 1. The molecule has 3 rings (SSSR count). The first kappa shape index (κ1) is 19.5. The van der Waals surface area contributed by atoms with Gasteiger partial charge in [0, 0.05) is 24.7 Å². The number of nitrogens with one attached hydrogen (secondary N) is 1. The minimum Gasteiger partial charge on any atom is -0.495 e. The van der Waals surface area contributed by atoms with Crippen molar-refractivity contribution in [3.05, 3.63) is 23.2 Å². The van der Waals surface area contributed by atoms with E-state index in [1.807, 2.05) is 0 Å². The van der Waals surface area contributed by atoms with E-state index >= 15 is 0 Å². The molecule has 0 spiro atoms. The molecule has 1 aromatic carbocycles. The maximum absolute atomic E-state index is 12.2. The quantitative estimate of drug-likeness (QED) is 0.750. The predicted molar refractivity (Wildman–Crippen MR) is 99.7 cm³/mol. The fourth-order valence-corrected chi connectivity index (χ4v) is 3.91. The van der Waals surface area contributed by atoms with E-state index in [1.54, 1.807) is 23.1 Å². The van der Waals surface area contributed by atoms with Gasteiger partial charge >= 0.3 is 5.97 Å². The van der Waals surface area contributed by atoms with Gasteiger partial charge in [0.15, 0.2) is 6.61 Å². The van der Waals surface area contributed by atoms with Gasteiger partial charge in [0.1, 0.15) is 5.75 Å². The standard InChI is InChI=1S/C19H23ClN2O5/c1-26-16-7-6-13(9-15(16)20)21-17(23)11-27-19(25)12-8-18(24)22(10-12)14-4-2-3-5-14/h6-7,9,12,14H,2-5,8,10-11H2,1H3,(H,21,23)/t12-/m1/s1. The molecule has 0 aromatic heterocycles. The highest BCUT2D eigenvalue weighted by Gasteiger charge is 2.39. The molecular formula is C19H23ClN2O5. The highest BCUT2D eigenvalue weighted by molar-refractivity contribution is 6.32. The Morgan fingerprint density at radius 1 is 1.30 bits per heavy atom. The lowest BCUT2D eigenvalue weighted by molar-refractivity contribution is -0.151. The first-order chi connectivity index (χ1) is 13.0. The predicted octanol–water partition coefficient (Wildman–Crippen LogP) is 2.62. The largest absolute Gasteiger partial charge is 0.495 e. The van der Waals surface area contributed by atoms with Crippen molar-refractivity contribution in [1.82, 2.24) is 4.90 Å². The maximum Gasteiger partial charge on any atom is 0.311 e. The van der Waals surface area contributed by atoms with Gasteiger partial charge in [-0.2, -0.15) is 0 Å². The molecule has 1 saturated carbocycles. The Morgan fingerprint density at radius 3 is 2.70 bits per heavy atom. The van der Waals surface area contributed by atoms with Crippen molar-refractivity contribution < 1.29 is 23.9 Å². The first-order valence-corrected chi connectivity index (χ1v) is 9.45. The van der Waals surface area contributed by atoms with E-state index in [0.717, 1.165) is 25.7 Å². The average molecular weight is 395 g/mol. The number of ether oxygens (including phenoxy) is 2. The summed E-state index contributed by atoms with van der Waals surface area (Å²) in [6.07, 6.45) is 4.41. The number of anilines is 1. The molecule has 1 N–H and O–H groups in total. The van der Waals surface area contributed by atoms with Gasteiger partial charge in [-0.3, -0.25) is 14.4 Å². The van der Waals surface area contributed by atoms with Crippen molar-refractivity contribution in [2.24, 2.45) is 5.92 Å². The van der Waals surface area contributed by atoms with Crippen molar-refractivity contribution in [3.63, 3.8) is 0 Å². The summed E-state index contributed by atoms with van der Waals surface area (Å²) in [6.45, 7) is -0.0192. The molecule has 1 aromatic rings. The van der Waals surface area contributed by atoms with Gasteiger partial charge in [0.2, 0.25) is 5.91 Å². The number of hydrogen-bond donors (Lipinski definition) is 1. The molecule has 2 fully saturated rings. The lowest BCUT2D eigenvalue weighted by Crippen LogP contribution is -2.35. The molecule has 0 radical (unpaired) electrons. The molecule has 2 amide bonds. The van der Waals surface area contributed by atoms with Gasteiger partial charge in [0.05, 0.1) is 18.1 Å². The minimum absolute atomic E-state index is 0.00109. The summed E-state index contributed by atoms with van der Waals surface area (Å²) >= 11 is 6.01. The SMILES string of the molecule is COc1ccc(NC(=O)COC(=O)[C@@H]2CC(=O)N(C3CCCC3)C2)cc1Cl. The second-order valence-electron chi connectivity index (χ2n) is 6.89. The van der Waals surface area contributed by atoms with Gasteiger partial charge in [-0.05, 0) is 31.0 Å². The van der Waals surface area contributed by atoms with Crippen LogP contribution in [0, 0.1) is 5.92 Å². The molecule has 1 aliphatic carbocycles. The summed E-state index contributed by atoms with van der Waals surface area (Å²) in [6, 6.07) is 5.07. The molecule has 27 heavy (non-hydrogen) atoms. The zero-order chi connectivity index (χ0) is 19.4. The third-order valence-electron chi connectivity index (χ3n) is 5.04. The van der Waals surface area contributed by atoms with Crippen molar-refractivity contribution in [2.45, 2.75) is 38.1 Å². The molecule has 1 aliphatic heterocycles. The van der Waals surface area contributed by atoms with Crippen molar-refractivity contribution in [3.8, 4) is 5.75 Å². The van der Waals surface area contributed by atoms with E-state index in [4.69, 9.17) is 21.1 Å². The van der Waals surface area contributed by atoms with Crippen LogP contribution in [0.2, 0.25) is 5.02 Å². The van der Waals surface area contributed by atoms with E-state index < -0.39 is 24.4 Å². The van der Waals surface area contributed by atoms with Crippen LogP contribution in [0.5, 0.6) is 5.75 Å². The number of carbonyl (C=O) groups is 3. The summed E-state index contributed by atoms with van der Waals surface area (Å²) < 4.78 is 10.2. The van der Waals surface area contributed by atoms with E-state index in [1.165, 1.54) is 7.11 Å². The van der Waals surface area contributed by atoms with Crippen molar-refractivity contribution in [1.29, 1.82) is 0 Å². The fraction of sp³-hybridized carbons (Fsp3) is 0.526. The fourth-order valence-electron chi connectivity index (χ4n) is 3.65. The van der Waals surface area contributed by atoms with Gasteiger partial charge in [-0.25, -0.2) is 0 Å². The number of rotatable bonds is 6. The monoisotopic (exact) mass is 394 g/mol. The summed E-state index contributed by atoms with van der Waals surface area (Å²) in [5.41, 5.74) is 0.477. The molecule has 8 heteroatoms. The molecule has 1 heterocycles. The Labute approximate surface area is 162 Å². The average Bonchev–Trinajstić information content (AvgIpc) is 3.29. The van der Waals surface area contributed by atoms with E-state index in [2.05, 4.69) is 5.32 Å². The van der Waals surface area contributed by atoms with E-state index in [0.29, 0.717) is 23.0 Å². The Hall–Kier alpha value is -2.28. The molecule has 7 nitrogen and oxygen atoms in total. The lowest BCUT2D eigenvalue weighted by Gasteiger charge is -2.23. The molecule has 1 atom stereocenters. The molecule has 0 bridgehead atoms. The first-order valence-electron chi connectivity index (χ1n) is 9.07. The van der Waals surface area contributed by atoms with Crippen LogP contribution < -0.4 is 10.1 Å². The van der Waals surface area contributed by atoms with Crippen LogP contribution in [-0.2, 0) is 19.1 Å². The van der Waals surface area contributed by atoms with Crippen molar-refractivity contribution >= 4 is 35.1 Å². The second-order valence-corrected chi connectivity index (χ2v) is 7.30. The van der Waals surface area contributed by atoms with E-state index in [9.17, 15) is 14.4 Å². The zero-order valence-electron chi connectivity index (χ0n) is 15.2. The Kier molecular flexibility index (Phi) is 6.21. The highest BCUT2D eigenvalue weighted by atomic mass is 35.5. The van der Waals surface area contributed by atoms with Crippen LogP contribution in [0.4, 0.5) is 5.69 Å².